The molecule has 0 atom stereocenters. The molecule has 1 saturated heterocycles. The van der Waals surface area contributed by atoms with Crippen molar-refractivity contribution in [3.63, 3.8) is 0 Å². The zero-order valence-corrected chi connectivity index (χ0v) is 16.3. The highest BCUT2D eigenvalue weighted by Gasteiger charge is 2.10. The number of aromatic nitrogens is 1. The van der Waals surface area contributed by atoms with E-state index in [0.717, 1.165) is 50.3 Å². The van der Waals surface area contributed by atoms with Gasteiger partial charge in [0.2, 0.25) is 0 Å². The summed E-state index contributed by atoms with van der Waals surface area (Å²) in [6.45, 7) is 6.03. The van der Waals surface area contributed by atoms with E-state index in [-0.39, 0.29) is 30.7 Å². The summed E-state index contributed by atoms with van der Waals surface area (Å²) in [5.74, 6) is -0.0550. The number of pyridine rings is 1. The van der Waals surface area contributed by atoms with E-state index in [0.29, 0.717) is 12.1 Å². The number of benzene rings is 1. The molecule has 1 amide bonds. The molecule has 1 aliphatic heterocycles. The smallest absolute Gasteiger partial charge is 0.252 e. The zero-order chi connectivity index (χ0) is 16.6. The normalized spacial score (nSPS) is 14.0. The highest BCUT2D eigenvalue weighted by atomic mass is 35.5. The maximum atomic E-state index is 12.3. The molecular weight excluding hydrogens is 371 g/mol. The fourth-order valence-electron chi connectivity index (χ4n) is 2.89. The number of amides is 1. The predicted molar refractivity (Wildman–Crippen MR) is 110 cm³/mol. The maximum Gasteiger partial charge on any atom is 0.252 e. The topological polar surface area (TPSA) is 57.3 Å². The van der Waals surface area contributed by atoms with Gasteiger partial charge in [-0.25, -0.2) is 0 Å². The van der Waals surface area contributed by atoms with Gasteiger partial charge in [0, 0.05) is 50.7 Å². The third kappa shape index (κ3) is 6.57. The van der Waals surface area contributed by atoms with Crippen molar-refractivity contribution >= 4 is 30.7 Å². The summed E-state index contributed by atoms with van der Waals surface area (Å²) < 4.78 is 0. The van der Waals surface area contributed by atoms with Gasteiger partial charge in [-0.05, 0) is 24.6 Å². The first-order valence-electron chi connectivity index (χ1n) is 8.55. The first-order valence-corrected chi connectivity index (χ1v) is 8.55. The third-order valence-corrected chi connectivity index (χ3v) is 4.25. The molecule has 3 rings (SSSR count). The van der Waals surface area contributed by atoms with Gasteiger partial charge in [0.15, 0.2) is 0 Å². The molecule has 1 fully saturated rings. The van der Waals surface area contributed by atoms with Crippen molar-refractivity contribution < 1.29 is 4.79 Å². The van der Waals surface area contributed by atoms with Crippen molar-refractivity contribution in [2.45, 2.75) is 6.42 Å². The van der Waals surface area contributed by atoms with Crippen molar-refractivity contribution in [3.8, 4) is 11.1 Å². The van der Waals surface area contributed by atoms with Crippen LogP contribution in [0.2, 0.25) is 0 Å². The van der Waals surface area contributed by atoms with Gasteiger partial charge in [-0.1, -0.05) is 30.3 Å². The summed E-state index contributed by atoms with van der Waals surface area (Å²) >= 11 is 0. The van der Waals surface area contributed by atoms with Gasteiger partial charge in [0.25, 0.3) is 5.91 Å². The SMILES string of the molecule is Cl.Cl.O=C(NCCCN1CCNCC1)c1cncc(-c2ccccc2)c1. The molecule has 1 aliphatic rings. The summed E-state index contributed by atoms with van der Waals surface area (Å²) in [4.78, 5) is 18.9. The van der Waals surface area contributed by atoms with E-state index in [1.54, 1.807) is 12.4 Å². The maximum absolute atomic E-state index is 12.3. The number of piperazine rings is 1. The van der Waals surface area contributed by atoms with E-state index >= 15 is 0 Å². The van der Waals surface area contributed by atoms with Crippen LogP contribution in [0.15, 0.2) is 48.8 Å². The Morgan fingerprint density at radius 3 is 2.54 bits per heavy atom. The molecule has 0 aliphatic carbocycles. The molecule has 142 valence electrons. The minimum absolute atomic E-state index is 0. The first-order chi connectivity index (χ1) is 11.8. The second-order valence-electron chi connectivity index (χ2n) is 6.03. The molecule has 0 saturated carbocycles. The Kier molecular flexibility index (Phi) is 10.2. The average Bonchev–Trinajstić information content (AvgIpc) is 2.67. The van der Waals surface area contributed by atoms with E-state index in [9.17, 15) is 4.79 Å². The Bertz CT molecular complexity index is 664. The van der Waals surface area contributed by atoms with Crippen LogP contribution in [0.25, 0.3) is 11.1 Å². The van der Waals surface area contributed by atoms with Gasteiger partial charge < -0.3 is 15.5 Å². The average molecular weight is 397 g/mol. The second kappa shape index (κ2) is 11.9. The van der Waals surface area contributed by atoms with Crippen LogP contribution < -0.4 is 10.6 Å². The fourth-order valence-corrected chi connectivity index (χ4v) is 2.89. The minimum Gasteiger partial charge on any atom is -0.352 e. The standard InChI is InChI=1S/C19H24N4O.2ClH/c24-19(22-7-4-10-23-11-8-20-9-12-23)18-13-17(14-21-15-18)16-5-2-1-3-6-16;;/h1-3,5-6,13-15,20H,4,7-12H2,(H,22,24);2*1H. The number of hydrogen-bond donors (Lipinski definition) is 2. The number of nitrogens with zero attached hydrogens (tertiary/aromatic N) is 2. The molecule has 2 heterocycles. The van der Waals surface area contributed by atoms with E-state index in [2.05, 4.69) is 20.5 Å². The summed E-state index contributed by atoms with van der Waals surface area (Å²) in [6, 6.07) is 11.9. The van der Waals surface area contributed by atoms with Gasteiger partial charge in [0.1, 0.15) is 0 Å². The monoisotopic (exact) mass is 396 g/mol. The van der Waals surface area contributed by atoms with Crippen molar-refractivity contribution in [2.24, 2.45) is 0 Å². The van der Waals surface area contributed by atoms with Crippen LogP contribution in [-0.4, -0.2) is 55.1 Å². The van der Waals surface area contributed by atoms with E-state index in [1.165, 1.54) is 0 Å². The van der Waals surface area contributed by atoms with Crippen molar-refractivity contribution in [3.05, 3.63) is 54.4 Å². The van der Waals surface area contributed by atoms with Gasteiger partial charge in [-0.2, -0.15) is 0 Å². The van der Waals surface area contributed by atoms with Crippen LogP contribution in [0.1, 0.15) is 16.8 Å². The lowest BCUT2D eigenvalue weighted by molar-refractivity contribution is 0.0951. The molecule has 0 unspecified atom stereocenters. The van der Waals surface area contributed by atoms with Gasteiger partial charge >= 0.3 is 0 Å². The fraction of sp³-hybridized carbons (Fsp3) is 0.368. The Labute approximate surface area is 167 Å². The second-order valence-corrected chi connectivity index (χ2v) is 6.03. The number of carbonyl (C=O) groups is 1. The molecule has 0 bridgehead atoms. The van der Waals surface area contributed by atoms with Crippen molar-refractivity contribution in [2.75, 3.05) is 39.3 Å². The Balaban J connectivity index is 0.00000169. The van der Waals surface area contributed by atoms with Gasteiger partial charge in [-0.3, -0.25) is 9.78 Å². The van der Waals surface area contributed by atoms with Crippen LogP contribution in [0.3, 0.4) is 0 Å². The van der Waals surface area contributed by atoms with Crippen LogP contribution >= 0.6 is 24.8 Å². The number of carbonyl (C=O) groups excluding carboxylic acids is 1. The van der Waals surface area contributed by atoms with Gasteiger partial charge in [-0.15, -0.1) is 24.8 Å². The van der Waals surface area contributed by atoms with Crippen molar-refractivity contribution in [1.82, 2.24) is 20.5 Å². The summed E-state index contributed by atoms with van der Waals surface area (Å²) in [7, 11) is 0. The molecule has 1 aromatic heterocycles. The summed E-state index contributed by atoms with van der Waals surface area (Å²) in [5, 5.41) is 6.34. The van der Waals surface area contributed by atoms with Crippen LogP contribution in [-0.2, 0) is 0 Å². The largest absolute Gasteiger partial charge is 0.352 e. The molecule has 2 N–H and O–H groups in total. The molecule has 0 radical (unpaired) electrons. The highest BCUT2D eigenvalue weighted by molar-refractivity contribution is 5.95. The van der Waals surface area contributed by atoms with E-state index in [1.807, 2.05) is 36.4 Å². The van der Waals surface area contributed by atoms with E-state index < -0.39 is 0 Å². The lowest BCUT2D eigenvalue weighted by atomic mass is 10.1. The molecular formula is C19H26Cl2N4O. The van der Waals surface area contributed by atoms with Crippen LogP contribution in [0.5, 0.6) is 0 Å². The van der Waals surface area contributed by atoms with Gasteiger partial charge in [0.05, 0.1) is 5.56 Å². The summed E-state index contributed by atoms with van der Waals surface area (Å²) in [5.41, 5.74) is 2.64. The first kappa shape index (κ1) is 22.4. The molecule has 1 aromatic carbocycles. The number of halogens is 2. The van der Waals surface area contributed by atoms with E-state index in [4.69, 9.17) is 0 Å². The minimum atomic E-state index is -0.0550. The number of rotatable bonds is 6. The number of hydrogen-bond acceptors (Lipinski definition) is 4. The molecule has 7 heteroatoms. The quantitative estimate of drug-likeness (QED) is 0.736. The predicted octanol–water partition coefficient (Wildman–Crippen LogP) is 2.62. The molecule has 2 aromatic rings. The molecule has 5 nitrogen and oxygen atoms in total. The number of nitrogens with one attached hydrogen (secondary N) is 2. The summed E-state index contributed by atoms with van der Waals surface area (Å²) in [6.07, 6.45) is 4.38. The Hall–Kier alpha value is -1.66. The Morgan fingerprint density at radius 1 is 1.08 bits per heavy atom. The molecule has 26 heavy (non-hydrogen) atoms. The third-order valence-electron chi connectivity index (χ3n) is 4.25. The van der Waals surface area contributed by atoms with Crippen molar-refractivity contribution in [1.29, 1.82) is 0 Å². The Morgan fingerprint density at radius 2 is 1.81 bits per heavy atom. The lowest BCUT2D eigenvalue weighted by Crippen LogP contribution is -2.44. The van der Waals surface area contributed by atoms with Crippen LogP contribution in [0.4, 0.5) is 0 Å². The lowest BCUT2D eigenvalue weighted by Gasteiger charge is -2.27. The molecule has 0 spiro atoms. The van der Waals surface area contributed by atoms with Crippen LogP contribution in [0, 0.1) is 0 Å². The highest BCUT2D eigenvalue weighted by Crippen LogP contribution is 2.18. The zero-order valence-electron chi connectivity index (χ0n) is 14.7.